The molecule has 1 aromatic carbocycles. The molecule has 3 N–H and O–H groups in total. The average molecular weight is 408 g/mol. The van der Waals surface area contributed by atoms with Crippen molar-refractivity contribution in [3.8, 4) is 0 Å². The fraction of sp³-hybridized carbons (Fsp3) is 0.542. The Kier molecular flexibility index (Phi) is 4.58. The van der Waals surface area contributed by atoms with Crippen molar-refractivity contribution in [2.45, 2.75) is 63.1 Å². The van der Waals surface area contributed by atoms with Crippen LogP contribution in [0.25, 0.3) is 0 Å². The van der Waals surface area contributed by atoms with Crippen LogP contribution in [-0.2, 0) is 16.1 Å². The molecule has 4 fully saturated rings. The fourth-order valence-electron chi connectivity index (χ4n) is 6.81. The van der Waals surface area contributed by atoms with Crippen LogP contribution in [0.4, 0.5) is 0 Å². The van der Waals surface area contributed by atoms with E-state index in [1.807, 2.05) is 36.4 Å². The van der Waals surface area contributed by atoms with Gasteiger partial charge in [0, 0.05) is 11.6 Å². The highest BCUT2D eigenvalue weighted by molar-refractivity contribution is 6.41. The molecule has 3 unspecified atom stereocenters. The SMILES string of the molecule is NC(=O)C1CC=CN1C(=O)C(=NCc1ccccc1)C12CC3CC(CC(O)(C3)C1)C2. The summed E-state index contributed by atoms with van der Waals surface area (Å²) in [5, 5.41) is 11.2. The molecule has 0 aromatic heterocycles. The summed E-state index contributed by atoms with van der Waals surface area (Å²) in [6, 6.07) is 9.23. The normalized spacial score (nSPS) is 37.0. The Morgan fingerprint density at radius 2 is 1.83 bits per heavy atom. The minimum Gasteiger partial charge on any atom is -0.390 e. The molecule has 158 valence electrons. The second-order valence-electron chi connectivity index (χ2n) is 9.87. The van der Waals surface area contributed by atoms with Gasteiger partial charge in [0.1, 0.15) is 11.8 Å². The Labute approximate surface area is 176 Å². The van der Waals surface area contributed by atoms with Gasteiger partial charge in [0.25, 0.3) is 5.91 Å². The predicted octanol–water partition coefficient (Wildman–Crippen LogP) is 2.56. The van der Waals surface area contributed by atoms with Gasteiger partial charge < -0.3 is 15.7 Å². The number of nitrogens with two attached hydrogens (primary N) is 1. The van der Waals surface area contributed by atoms with Crippen molar-refractivity contribution < 1.29 is 14.7 Å². The summed E-state index contributed by atoms with van der Waals surface area (Å²) in [5.74, 6) is 0.146. The number of aliphatic imine (C=N–C) groups is 1. The third kappa shape index (κ3) is 3.27. The van der Waals surface area contributed by atoms with E-state index in [0.29, 0.717) is 36.9 Å². The minimum atomic E-state index is -0.693. The largest absolute Gasteiger partial charge is 0.390 e. The molecule has 4 bridgehead atoms. The van der Waals surface area contributed by atoms with E-state index in [1.165, 1.54) is 4.90 Å². The van der Waals surface area contributed by atoms with E-state index in [4.69, 9.17) is 10.7 Å². The Morgan fingerprint density at radius 3 is 2.47 bits per heavy atom. The third-order valence-corrected chi connectivity index (χ3v) is 7.52. The fourth-order valence-corrected chi connectivity index (χ4v) is 6.81. The molecule has 0 radical (unpaired) electrons. The molecule has 6 heteroatoms. The first-order valence-corrected chi connectivity index (χ1v) is 11.0. The number of rotatable bonds is 5. The summed E-state index contributed by atoms with van der Waals surface area (Å²) in [7, 11) is 0. The zero-order valence-corrected chi connectivity index (χ0v) is 17.2. The molecule has 5 aliphatic rings. The number of hydrogen-bond donors (Lipinski definition) is 2. The van der Waals surface area contributed by atoms with E-state index in [0.717, 1.165) is 37.7 Å². The zero-order chi connectivity index (χ0) is 20.9. The molecule has 0 spiro atoms. The van der Waals surface area contributed by atoms with Crippen molar-refractivity contribution >= 4 is 17.5 Å². The molecule has 1 aromatic rings. The predicted molar refractivity (Wildman–Crippen MR) is 113 cm³/mol. The molecule has 6 rings (SSSR count). The van der Waals surface area contributed by atoms with E-state index < -0.39 is 23.0 Å². The van der Waals surface area contributed by atoms with Gasteiger partial charge in [-0.25, -0.2) is 0 Å². The number of amides is 2. The maximum absolute atomic E-state index is 13.8. The highest BCUT2D eigenvalue weighted by Gasteiger charge is 2.60. The van der Waals surface area contributed by atoms with Crippen molar-refractivity contribution in [2.75, 3.05) is 0 Å². The molecule has 4 aliphatic carbocycles. The number of benzene rings is 1. The summed E-state index contributed by atoms with van der Waals surface area (Å²) in [6.07, 6.45) is 9.10. The van der Waals surface area contributed by atoms with Crippen LogP contribution < -0.4 is 5.73 Å². The lowest BCUT2D eigenvalue weighted by atomic mass is 9.46. The minimum absolute atomic E-state index is 0.228. The van der Waals surface area contributed by atoms with E-state index in [-0.39, 0.29) is 5.91 Å². The van der Waals surface area contributed by atoms with Crippen LogP contribution in [0.15, 0.2) is 47.6 Å². The number of nitrogens with zero attached hydrogens (tertiary/aromatic N) is 2. The first-order chi connectivity index (χ1) is 14.4. The molecule has 0 saturated heterocycles. The zero-order valence-electron chi connectivity index (χ0n) is 17.2. The smallest absolute Gasteiger partial charge is 0.273 e. The highest BCUT2D eigenvalue weighted by Crippen LogP contribution is 2.62. The molecule has 30 heavy (non-hydrogen) atoms. The van der Waals surface area contributed by atoms with Crippen molar-refractivity contribution in [3.05, 3.63) is 48.2 Å². The Hall–Kier alpha value is -2.47. The van der Waals surface area contributed by atoms with Gasteiger partial charge in [-0.2, -0.15) is 0 Å². The van der Waals surface area contributed by atoms with Crippen LogP contribution >= 0.6 is 0 Å². The Balaban J connectivity index is 1.53. The van der Waals surface area contributed by atoms with Crippen molar-refractivity contribution in [2.24, 2.45) is 28.0 Å². The summed E-state index contributed by atoms with van der Waals surface area (Å²) in [4.78, 5) is 32.0. The van der Waals surface area contributed by atoms with E-state index in [2.05, 4.69) is 0 Å². The van der Waals surface area contributed by atoms with Gasteiger partial charge in [-0.05, 0) is 62.3 Å². The quantitative estimate of drug-likeness (QED) is 0.734. The molecule has 2 amide bonds. The van der Waals surface area contributed by atoms with Crippen molar-refractivity contribution in [1.29, 1.82) is 0 Å². The van der Waals surface area contributed by atoms with Crippen LogP contribution in [0, 0.1) is 17.3 Å². The van der Waals surface area contributed by atoms with Gasteiger partial charge in [-0.3, -0.25) is 14.6 Å². The molecular weight excluding hydrogens is 378 g/mol. The highest BCUT2D eigenvalue weighted by atomic mass is 16.3. The maximum Gasteiger partial charge on any atom is 0.273 e. The molecule has 4 saturated carbocycles. The number of primary amides is 1. The van der Waals surface area contributed by atoms with Crippen LogP contribution in [0.5, 0.6) is 0 Å². The van der Waals surface area contributed by atoms with E-state index in [1.54, 1.807) is 6.20 Å². The van der Waals surface area contributed by atoms with Gasteiger partial charge in [-0.1, -0.05) is 36.4 Å². The average Bonchev–Trinajstić information content (AvgIpc) is 3.17. The first-order valence-electron chi connectivity index (χ1n) is 11.0. The van der Waals surface area contributed by atoms with E-state index >= 15 is 0 Å². The van der Waals surface area contributed by atoms with Crippen LogP contribution in [-0.4, -0.2) is 39.2 Å². The van der Waals surface area contributed by atoms with Crippen LogP contribution in [0.2, 0.25) is 0 Å². The molecule has 1 heterocycles. The van der Waals surface area contributed by atoms with Gasteiger partial charge in [-0.15, -0.1) is 0 Å². The third-order valence-electron chi connectivity index (χ3n) is 7.52. The standard InChI is InChI=1S/C24H29N3O3/c25-21(28)19-7-4-8-27(19)22(29)20(26-14-16-5-2-1-3-6-16)23-10-17-9-18(11-23)13-24(30,12-17)15-23/h1-6,8,17-19,30H,7,9-15H2,(H2,25,28). The summed E-state index contributed by atoms with van der Waals surface area (Å²) in [6.45, 7) is 0.413. The van der Waals surface area contributed by atoms with Gasteiger partial charge in [0.05, 0.1) is 12.1 Å². The topological polar surface area (TPSA) is 96.0 Å². The number of carbonyl (C=O) groups is 2. The van der Waals surface area contributed by atoms with E-state index in [9.17, 15) is 14.7 Å². The van der Waals surface area contributed by atoms with Crippen molar-refractivity contribution in [1.82, 2.24) is 4.90 Å². The summed E-state index contributed by atoms with van der Waals surface area (Å²) >= 11 is 0. The van der Waals surface area contributed by atoms with Crippen molar-refractivity contribution in [3.63, 3.8) is 0 Å². The van der Waals surface area contributed by atoms with Gasteiger partial charge >= 0.3 is 0 Å². The molecular formula is C24H29N3O3. The van der Waals surface area contributed by atoms with Gasteiger partial charge in [0.2, 0.25) is 5.91 Å². The second kappa shape index (κ2) is 7.05. The molecule has 6 nitrogen and oxygen atoms in total. The van der Waals surface area contributed by atoms with Gasteiger partial charge in [0.15, 0.2) is 0 Å². The van der Waals surface area contributed by atoms with Crippen LogP contribution in [0.3, 0.4) is 0 Å². The Bertz CT molecular complexity index is 909. The monoisotopic (exact) mass is 407 g/mol. The van der Waals surface area contributed by atoms with Crippen LogP contribution in [0.1, 0.15) is 50.5 Å². The lowest BCUT2D eigenvalue weighted by Gasteiger charge is -2.60. The maximum atomic E-state index is 13.8. The number of carbonyl (C=O) groups excluding carboxylic acids is 2. The number of hydrogen-bond acceptors (Lipinski definition) is 4. The Morgan fingerprint density at radius 1 is 1.13 bits per heavy atom. The molecule has 1 aliphatic heterocycles. The lowest BCUT2D eigenvalue weighted by molar-refractivity contribution is -0.146. The lowest BCUT2D eigenvalue weighted by Crippen LogP contribution is -2.61. The summed E-state index contributed by atoms with van der Waals surface area (Å²) < 4.78 is 0. The first kappa shape index (κ1) is 19.5. The number of aliphatic hydroxyl groups is 1. The summed E-state index contributed by atoms with van der Waals surface area (Å²) in [5.41, 5.74) is 6.02. The second-order valence-corrected chi connectivity index (χ2v) is 9.87. The molecule has 3 atom stereocenters.